The maximum atomic E-state index is 11.1. The molecule has 0 heterocycles. The van der Waals surface area contributed by atoms with Gasteiger partial charge in [0.2, 0.25) is 0 Å². The molecule has 15 heavy (non-hydrogen) atoms. The zero-order valence-corrected chi connectivity index (χ0v) is 11.0. The Morgan fingerprint density at radius 3 is 2.53 bits per heavy atom. The second kappa shape index (κ2) is 10.7. The highest BCUT2D eigenvalue weighted by molar-refractivity contribution is 7.99. The fourth-order valence-electron chi connectivity index (χ4n) is 1.21. The summed E-state index contributed by atoms with van der Waals surface area (Å²) in [6, 6.07) is 0. The number of halogens is 1. The van der Waals surface area contributed by atoms with Gasteiger partial charge in [-0.15, -0.1) is 0 Å². The van der Waals surface area contributed by atoms with Crippen LogP contribution in [0.4, 0.5) is 0 Å². The lowest BCUT2D eigenvalue weighted by Crippen LogP contribution is -3.00. The molecule has 0 amide bonds. The predicted molar refractivity (Wildman–Crippen MR) is 61.5 cm³/mol. The molecular formula is C10H21ClNO2S-. The molecule has 0 aromatic carbocycles. The summed E-state index contributed by atoms with van der Waals surface area (Å²) in [6.45, 7) is 4.00. The Bertz CT molecular complexity index is 170. The van der Waals surface area contributed by atoms with Crippen molar-refractivity contribution in [1.29, 1.82) is 0 Å². The number of nitrogens with two attached hydrogens (primary N) is 1. The van der Waals surface area contributed by atoms with E-state index in [0.29, 0.717) is 12.3 Å². The lowest BCUT2D eigenvalue weighted by atomic mass is 10.00. The normalized spacial score (nSPS) is 14.1. The van der Waals surface area contributed by atoms with E-state index in [1.807, 2.05) is 6.92 Å². The van der Waals surface area contributed by atoms with E-state index in [9.17, 15) is 9.90 Å². The van der Waals surface area contributed by atoms with E-state index >= 15 is 0 Å². The first-order valence-corrected chi connectivity index (χ1v) is 6.23. The number of carbonyl (C=O) groups excluding carboxylic acids is 1. The lowest BCUT2D eigenvalue weighted by molar-refractivity contribution is -0.120. The van der Waals surface area contributed by atoms with Crippen LogP contribution in [-0.4, -0.2) is 35.0 Å². The highest BCUT2D eigenvalue weighted by Crippen LogP contribution is 2.14. The Kier molecular flexibility index (Phi) is 12.6. The summed E-state index contributed by atoms with van der Waals surface area (Å²) in [6.07, 6.45) is 1.42. The predicted octanol–water partition coefficient (Wildman–Crippen LogP) is -1.95. The van der Waals surface area contributed by atoms with Gasteiger partial charge in [-0.05, 0) is 25.5 Å². The molecule has 0 aliphatic carbocycles. The molecule has 0 rings (SSSR count). The average molecular weight is 255 g/mol. The monoisotopic (exact) mass is 254 g/mol. The number of hydrogen-bond acceptors (Lipinski definition) is 4. The summed E-state index contributed by atoms with van der Waals surface area (Å²) in [4.78, 5) is 11.1. The van der Waals surface area contributed by atoms with Crippen molar-refractivity contribution < 1.29 is 22.3 Å². The summed E-state index contributed by atoms with van der Waals surface area (Å²) in [7, 11) is 0. The van der Waals surface area contributed by atoms with E-state index in [4.69, 9.17) is 5.73 Å². The number of Topliss-reactive ketones (excluding diaryl/α,β-unsaturated/α-hetero) is 1. The Morgan fingerprint density at radius 1 is 1.53 bits per heavy atom. The van der Waals surface area contributed by atoms with Gasteiger partial charge in [-0.1, -0.05) is 6.92 Å². The second-order valence-electron chi connectivity index (χ2n) is 3.47. The van der Waals surface area contributed by atoms with Gasteiger partial charge < -0.3 is 23.2 Å². The standard InChI is InChI=1S/C10H21NO2S.ClH/c1-3-9(8(2)12)4-5-14-7-10(13)6-11;/h9-10,13H,3-7,11H2,1-2H3;1H/p-1/t9-,10?;/m0./s1. The lowest BCUT2D eigenvalue weighted by Gasteiger charge is -2.11. The summed E-state index contributed by atoms with van der Waals surface area (Å²) >= 11 is 1.66. The van der Waals surface area contributed by atoms with Gasteiger partial charge in [-0.25, -0.2) is 0 Å². The van der Waals surface area contributed by atoms with Crippen LogP contribution in [0.1, 0.15) is 26.7 Å². The number of carbonyl (C=O) groups is 1. The van der Waals surface area contributed by atoms with E-state index in [0.717, 1.165) is 18.6 Å². The number of rotatable bonds is 8. The van der Waals surface area contributed by atoms with E-state index in [1.165, 1.54) is 0 Å². The summed E-state index contributed by atoms with van der Waals surface area (Å²) < 4.78 is 0. The van der Waals surface area contributed by atoms with Crippen molar-refractivity contribution in [2.75, 3.05) is 18.1 Å². The number of thioether (sulfide) groups is 1. The van der Waals surface area contributed by atoms with Crippen molar-refractivity contribution in [2.45, 2.75) is 32.8 Å². The van der Waals surface area contributed by atoms with Crippen molar-refractivity contribution >= 4 is 17.5 Å². The first-order chi connectivity index (χ1) is 6.61. The van der Waals surface area contributed by atoms with Gasteiger partial charge in [0.05, 0.1) is 6.10 Å². The molecule has 0 aliphatic rings. The molecule has 0 aromatic rings. The van der Waals surface area contributed by atoms with Crippen LogP contribution < -0.4 is 18.1 Å². The van der Waals surface area contributed by atoms with Crippen LogP contribution in [0.3, 0.4) is 0 Å². The molecule has 0 aliphatic heterocycles. The molecule has 1 unspecified atom stereocenters. The fourth-order valence-corrected chi connectivity index (χ4v) is 2.23. The van der Waals surface area contributed by atoms with Crippen molar-refractivity contribution in [2.24, 2.45) is 11.7 Å². The van der Waals surface area contributed by atoms with Gasteiger partial charge >= 0.3 is 0 Å². The van der Waals surface area contributed by atoms with E-state index < -0.39 is 6.10 Å². The third-order valence-corrected chi connectivity index (χ3v) is 3.41. The SMILES string of the molecule is CC[C@@H](CCSCC(O)CN)C(C)=O.[Cl-]. The topological polar surface area (TPSA) is 63.3 Å². The number of aliphatic hydroxyl groups excluding tert-OH is 1. The van der Waals surface area contributed by atoms with Crippen LogP contribution in [0, 0.1) is 5.92 Å². The first kappa shape index (κ1) is 17.6. The molecule has 0 bridgehead atoms. The van der Waals surface area contributed by atoms with E-state index in [2.05, 4.69) is 0 Å². The Hall–Kier alpha value is 0.230. The van der Waals surface area contributed by atoms with Gasteiger partial charge in [0.1, 0.15) is 5.78 Å². The van der Waals surface area contributed by atoms with Crippen LogP contribution in [0.15, 0.2) is 0 Å². The second-order valence-corrected chi connectivity index (χ2v) is 4.62. The van der Waals surface area contributed by atoms with Gasteiger partial charge in [0.25, 0.3) is 0 Å². The molecule has 0 spiro atoms. The molecule has 0 saturated carbocycles. The molecular weight excluding hydrogens is 234 g/mol. The van der Waals surface area contributed by atoms with Crippen LogP contribution in [0.2, 0.25) is 0 Å². The molecule has 3 N–H and O–H groups in total. The van der Waals surface area contributed by atoms with Crippen molar-refractivity contribution in [3.63, 3.8) is 0 Å². The van der Waals surface area contributed by atoms with Crippen molar-refractivity contribution in [3.8, 4) is 0 Å². The third-order valence-electron chi connectivity index (χ3n) is 2.26. The number of hydrogen-bond donors (Lipinski definition) is 2. The van der Waals surface area contributed by atoms with Gasteiger partial charge in [-0.2, -0.15) is 11.8 Å². The average Bonchev–Trinajstić information content (AvgIpc) is 2.16. The summed E-state index contributed by atoms with van der Waals surface area (Å²) in [5.41, 5.74) is 5.27. The van der Waals surface area contributed by atoms with Crippen molar-refractivity contribution in [1.82, 2.24) is 0 Å². The smallest absolute Gasteiger partial charge is 0.132 e. The first-order valence-electron chi connectivity index (χ1n) is 5.08. The number of ketones is 1. The van der Waals surface area contributed by atoms with Gasteiger partial charge in [0, 0.05) is 18.2 Å². The summed E-state index contributed by atoms with van der Waals surface area (Å²) in [5, 5.41) is 9.18. The Balaban J connectivity index is 0. The molecule has 0 fully saturated rings. The van der Waals surface area contributed by atoms with Gasteiger partial charge in [-0.3, -0.25) is 4.79 Å². The molecule has 92 valence electrons. The zero-order valence-electron chi connectivity index (χ0n) is 9.41. The van der Waals surface area contributed by atoms with Crippen molar-refractivity contribution in [3.05, 3.63) is 0 Å². The molecule has 5 heteroatoms. The highest BCUT2D eigenvalue weighted by Gasteiger charge is 2.11. The zero-order chi connectivity index (χ0) is 11.0. The quantitative estimate of drug-likeness (QED) is 0.495. The van der Waals surface area contributed by atoms with Crippen LogP contribution >= 0.6 is 11.8 Å². The highest BCUT2D eigenvalue weighted by atomic mass is 35.5. The minimum absolute atomic E-state index is 0. The van der Waals surface area contributed by atoms with Crippen LogP contribution in [0.5, 0.6) is 0 Å². The molecule has 0 saturated heterocycles. The Morgan fingerprint density at radius 2 is 2.13 bits per heavy atom. The number of aliphatic hydroxyl groups is 1. The van der Waals surface area contributed by atoms with Gasteiger partial charge in [0.15, 0.2) is 0 Å². The Labute approximate surface area is 103 Å². The maximum absolute atomic E-state index is 11.1. The van der Waals surface area contributed by atoms with Crippen LogP contribution in [-0.2, 0) is 4.79 Å². The third kappa shape index (κ3) is 9.18. The minimum Gasteiger partial charge on any atom is -1.00 e. The minimum atomic E-state index is -0.405. The van der Waals surface area contributed by atoms with E-state index in [-0.39, 0.29) is 24.1 Å². The molecule has 3 nitrogen and oxygen atoms in total. The maximum Gasteiger partial charge on any atom is 0.132 e. The molecule has 0 radical (unpaired) electrons. The van der Waals surface area contributed by atoms with E-state index in [1.54, 1.807) is 18.7 Å². The largest absolute Gasteiger partial charge is 1.00 e. The van der Waals surface area contributed by atoms with Crippen LogP contribution in [0.25, 0.3) is 0 Å². The summed E-state index contributed by atoms with van der Waals surface area (Å²) in [5.74, 6) is 2.06. The fraction of sp³-hybridized carbons (Fsp3) is 0.900. The molecule has 2 atom stereocenters. The molecule has 0 aromatic heterocycles.